The summed E-state index contributed by atoms with van der Waals surface area (Å²) >= 11 is 0. The van der Waals surface area contributed by atoms with Crippen LogP contribution in [0.25, 0.3) is 22.4 Å². The van der Waals surface area contributed by atoms with Crippen LogP contribution in [0.2, 0.25) is 0 Å². The number of rotatable bonds is 7. The molecule has 9 heteroatoms. The minimum atomic E-state index is -0.844. The fourth-order valence-electron chi connectivity index (χ4n) is 5.43. The molecule has 2 aromatic heterocycles. The summed E-state index contributed by atoms with van der Waals surface area (Å²) in [4.78, 5) is 25.9. The van der Waals surface area contributed by atoms with E-state index in [-0.39, 0.29) is 12.5 Å². The van der Waals surface area contributed by atoms with E-state index >= 15 is 0 Å². The molecule has 2 aromatic carbocycles. The van der Waals surface area contributed by atoms with Gasteiger partial charge >= 0.3 is 5.97 Å². The largest absolute Gasteiger partial charge is 0.481 e. The van der Waals surface area contributed by atoms with Gasteiger partial charge < -0.3 is 14.7 Å². The van der Waals surface area contributed by atoms with Crippen LogP contribution in [0.3, 0.4) is 0 Å². The average molecular weight is 513 g/mol. The number of ether oxygens (including phenoxy) is 1. The SMILES string of the molecule is O=C(O)Cc1ccc(-c2nc(N3CCOCC3)c3cnn(C4CCN(Cc5ccccc5)CC4)c3n2)cc1. The maximum Gasteiger partial charge on any atom is 0.307 e. The molecule has 0 spiro atoms. The second-order valence-electron chi connectivity index (χ2n) is 10.1. The zero-order valence-electron chi connectivity index (χ0n) is 21.4. The van der Waals surface area contributed by atoms with Gasteiger partial charge in [0.2, 0.25) is 0 Å². The molecule has 2 fully saturated rings. The Morgan fingerprint density at radius 3 is 2.37 bits per heavy atom. The Morgan fingerprint density at radius 2 is 1.66 bits per heavy atom. The monoisotopic (exact) mass is 512 g/mol. The number of piperidine rings is 1. The van der Waals surface area contributed by atoms with Gasteiger partial charge in [0, 0.05) is 38.3 Å². The summed E-state index contributed by atoms with van der Waals surface area (Å²) in [5.74, 6) is 0.670. The zero-order valence-corrected chi connectivity index (χ0v) is 21.4. The maximum absolute atomic E-state index is 11.1. The molecule has 196 valence electrons. The molecule has 4 heterocycles. The Balaban J connectivity index is 1.30. The van der Waals surface area contributed by atoms with Crippen LogP contribution in [0.15, 0.2) is 60.8 Å². The van der Waals surface area contributed by atoms with Gasteiger partial charge in [0.1, 0.15) is 5.82 Å². The normalized spacial score (nSPS) is 17.2. The molecule has 0 unspecified atom stereocenters. The first kappa shape index (κ1) is 24.5. The summed E-state index contributed by atoms with van der Waals surface area (Å²) in [6, 6.07) is 18.4. The average Bonchev–Trinajstić information content (AvgIpc) is 3.38. The van der Waals surface area contributed by atoms with E-state index in [1.165, 1.54) is 5.56 Å². The summed E-state index contributed by atoms with van der Waals surface area (Å²) < 4.78 is 7.69. The number of anilines is 1. The van der Waals surface area contributed by atoms with Crippen LogP contribution in [0.5, 0.6) is 0 Å². The number of carbonyl (C=O) groups is 1. The third-order valence-electron chi connectivity index (χ3n) is 7.46. The molecule has 2 aliphatic rings. The van der Waals surface area contributed by atoms with E-state index < -0.39 is 5.97 Å². The lowest BCUT2D eigenvalue weighted by Crippen LogP contribution is -2.37. The molecule has 9 nitrogen and oxygen atoms in total. The molecule has 2 aliphatic heterocycles. The number of fused-ring (bicyclic) bond motifs is 1. The van der Waals surface area contributed by atoms with Gasteiger partial charge in [-0.05, 0) is 24.0 Å². The van der Waals surface area contributed by atoms with Crippen molar-refractivity contribution >= 4 is 22.8 Å². The van der Waals surface area contributed by atoms with Gasteiger partial charge in [-0.3, -0.25) is 9.69 Å². The Hall–Kier alpha value is -3.82. The standard InChI is InChI=1S/C29H32N6O3/c36-26(37)18-21-6-8-23(9-7-21)27-31-28(34-14-16-38-17-15-34)25-19-30-35(29(25)32-27)24-10-12-33(13-11-24)20-22-4-2-1-3-5-22/h1-9,19,24H,10-18,20H2,(H,36,37). The highest BCUT2D eigenvalue weighted by molar-refractivity contribution is 5.89. The number of aromatic nitrogens is 4. The molecule has 6 rings (SSSR count). The topological polar surface area (TPSA) is 96.6 Å². The molecule has 0 amide bonds. The Morgan fingerprint density at radius 1 is 0.921 bits per heavy atom. The van der Waals surface area contributed by atoms with E-state index in [9.17, 15) is 4.79 Å². The fraction of sp³-hybridized carbons (Fsp3) is 0.379. The smallest absolute Gasteiger partial charge is 0.307 e. The van der Waals surface area contributed by atoms with E-state index in [0.717, 1.165) is 73.5 Å². The first-order chi connectivity index (χ1) is 18.6. The molecular formula is C29H32N6O3. The number of carboxylic acid groups (broad SMARTS) is 1. The first-order valence-corrected chi connectivity index (χ1v) is 13.3. The number of nitrogens with zero attached hydrogens (tertiary/aromatic N) is 6. The quantitative estimate of drug-likeness (QED) is 0.400. The van der Waals surface area contributed by atoms with Crippen LogP contribution in [-0.2, 0) is 22.5 Å². The lowest BCUT2D eigenvalue weighted by molar-refractivity contribution is -0.136. The van der Waals surface area contributed by atoms with E-state index in [4.69, 9.17) is 24.9 Å². The van der Waals surface area contributed by atoms with E-state index in [1.54, 1.807) is 0 Å². The van der Waals surface area contributed by atoms with Crippen LogP contribution >= 0.6 is 0 Å². The highest BCUT2D eigenvalue weighted by Gasteiger charge is 2.26. The highest BCUT2D eigenvalue weighted by atomic mass is 16.5. The predicted octanol–water partition coefficient (Wildman–Crippen LogP) is 3.79. The minimum absolute atomic E-state index is 0.00502. The van der Waals surface area contributed by atoms with E-state index in [0.29, 0.717) is 19.0 Å². The van der Waals surface area contributed by atoms with Crippen LogP contribution in [0.1, 0.15) is 30.0 Å². The van der Waals surface area contributed by atoms with Crippen LogP contribution < -0.4 is 4.90 Å². The Kier molecular flexibility index (Phi) is 7.02. The number of hydrogen-bond acceptors (Lipinski definition) is 7. The van der Waals surface area contributed by atoms with Crippen molar-refractivity contribution in [2.75, 3.05) is 44.3 Å². The fourth-order valence-corrected chi connectivity index (χ4v) is 5.43. The van der Waals surface area contributed by atoms with Gasteiger partial charge in [0.25, 0.3) is 0 Å². The highest BCUT2D eigenvalue weighted by Crippen LogP contribution is 2.32. The molecule has 0 saturated carbocycles. The second-order valence-corrected chi connectivity index (χ2v) is 10.1. The summed E-state index contributed by atoms with van der Waals surface area (Å²) in [6.45, 7) is 5.87. The second kappa shape index (κ2) is 10.9. The molecule has 0 bridgehead atoms. The van der Waals surface area contributed by atoms with Crippen molar-refractivity contribution < 1.29 is 14.6 Å². The van der Waals surface area contributed by atoms with Gasteiger partial charge in [-0.15, -0.1) is 0 Å². The van der Waals surface area contributed by atoms with Crippen molar-refractivity contribution in [2.45, 2.75) is 31.8 Å². The summed E-state index contributed by atoms with van der Waals surface area (Å²) in [5, 5.41) is 14.9. The number of carboxylic acids is 1. The third-order valence-corrected chi connectivity index (χ3v) is 7.46. The molecule has 38 heavy (non-hydrogen) atoms. The molecular weight excluding hydrogens is 480 g/mol. The molecule has 1 N–H and O–H groups in total. The van der Waals surface area contributed by atoms with Crippen molar-refractivity contribution in [2.24, 2.45) is 0 Å². The van der Waals surface area contributed by atoms with Gasteiger partial charge in [0.05, 0.1) is 37.3 Å². The van der Waals surface area contributed by atoms with Gasteiger partial charge in [0.15, 0.2) is 11.5 Å². The van der Waals surface area contributed by atoms with Gasteiger partial charge in [-0.25, -0.2) is 14.6 Å². The lowest BCUT2D eigenvalue weighted by Gasteiger charge is -2.32. The molecule has 0 aliphatic carbocycles. The summed E-state index contributed by atoms with van der Waals surface area (Å²) in [6.07, 6.45) is 3.94. The molecule has 2 saturated heterocycles. The van der Waals surface area contributed by atoms with Crippen LogP contribution in [0, 0.1) is 0 Å². The Bertz CT molecular complexity index is 1390. The lowest BCUT2D eigenvalue weighted by atomic mass is 10.0. The van der Waals surface area contributed by atoms with Crippen molar-refractivity contribution in [3.05, 3.63) is 71.9 Å². The number of benzene rings is 2. The first-order valence-electron chi connectivity index (χ1n) is 13.3. The molecule has 4 aromatic rings. The number of aliphatic carboxylic acids is 1. The zero-order chi connectivity index (χ0) is 25.9. The number of morpholine rings is 1. The maximum atomic E-state index is 11.1. The number of likely N-dealkylation sites (tertiary alicyclic amines) is 1. The van der Waals surface area contributed by atoms with Gasteiger partial charge in [-0.2, -0.15) is 5.10 Å². The summed E-state index contributed by atoms with van der Waals surface area (Å²) in [7, 11) is 0. The molecule has 0 radical (unpaired) electrons. The number of hydrogen-bond donors (Lipinski definition) is 1. The minimum Gasteiger partial charge on any atom is -0.481 e. The van der Waals surface area contributed by atoms with Gasteiger partial charge in [-0.1, -0.05) is 54.6 Å². The van der Waals surface area contributed by atoms with Crippen LogP contribution in [0.4, 0.5) is 5.82 Å². The van der Waals surface area contributed by atoms with Crippen molar-refractivity contribution in [1.29, 1.82) is 0 Å². The van der Waals surface area contributed by atoms with E-state index in [2.05, 4.69) is 44.8 Å². The van der Waals surface area contributed by atoms with Crippen LogP contribution in [-0.4, -0.2) is 75.1 Å². The summed E-state index contributed by atoms with van der Waals surface area (Å²) in [5.41, 5.74) is 3.81. The molecule has 0 atom stereocenters. The Labute approximate surface area is 221 Å². The predicted molar refractivity (Wildman–Crippen MR) is 145 cm³/mol. The van der Waals surface area contributed by atoms with Crippen molar-refractivity contribution in [1.82, 2.24) is 24.6 Å². The third kappa shape index (κ3) is 5.25. The van der Waals surface area contributed by atoms with Crippen molar-refractivity contribution in [3.8, 4) is 11.4 Å². The van der Waals surface area contributed by atoms with Crippen molar-refractivity contribution in [3.63, 3.8) is 0 Å². The van der Waals surface area contributed by atoms with E-state index in [1.807, 2.05) is 30.5 Å².